The van der Waals surface area contributed by atoms with E-state index in [4.69, 9.17) is 5.73 Å². The molecule has 0 unspecified atom stereocenters. The zero-order valence-electron chi connectivity index (χ0n) is 11.0. The molecule has 5 heteroatoms. The van der Waals surface area contributed by atoms with E-state index < -0.39 is 10.0 Å². The number of sulfonamides is 1. The number of hydrogen-bond acceptors (Lipinski definition) is 3. The highest BCUT2D eigenvalue weighted by atomic mass is 32.2. The molecular weight excluding hydrogens is 236 g/mol. The summed E-state index contributed by atoms with van der Waals surface area (Å²) in [6, 6.07) is 3.30. The highest BCUT2D eigenvalue weighted by Gasteiger charge is 2.26. The quantitative estimate of drug-likeness (QED) is 0.840. The Morgan fingerprint density at radius 2 is 1.59 bits per heavy atom. The lowest BCUT2D eigenvalue weighted by Crippen LogP contribution is -2.33. The van der Waals surface area contributed by atoms with Crippen molar-refractivity contribution < 1.29 is 8.42 Å². The number of aryl methyl sites for hydroxylation is 2. The van der Waals surface area contributed by atoms with E-state index in [9.17, 15) is 8.42 Å². The van der Waals surface area contributed by atoms with Crippen LogP contribution in [0.1, 0.15) is 25.0 Å². The summed E-state index contributed by atoms with van der Waals surface area (Å²) in [5.41, 5.74) is 7.67. The summed E-state index contributed by atoms with van der Waals surface area (Å²) in [7, 11) is -1.85. The molecule has 17 heavy (non-hydrogen) atoms. The molecule has 0 aliphatic rings. The maximum Gasteiger partial charge on any atom is 0.243 e. The summed E-state index contributed by atoms with van der Waals surface area (Å²) in [6.45, 7) is 7.23. The van der Waals surface area contributed by atoms with E-state index in [-0.39, 0.29) is 6.04 Å². The van der Waals surface area contributed by atoms with Gasteiger partial charge in [0.25, 0.3) is 0 Å². The molecule has 0 bridgehead atoms. The number of nitrogens with zero attached hydrogens (tertiary/aromatic N) is 1. The summed E-state index contributed by atoms with van der Waals surface area (Å²) in [6.07, 6.45) is 0. The van der Waals surface area contributed by atoms with Gasteiger partial charge in [0.15, 0.2) is 0 Å². The lowest BCUT2D eigenvalue weighted by atomic mass is 10.1. The van der Waals surface area contributed by atoms with E-state index in [2.05, 4.69) is 0 Å². The second kappa shape index (κ2) is 4.66. The van der Waals surface area contributed by atoms with Crippen LogP contribution < -0.4 is 5.73 Å². The van der Waals surface area contributed by atoms with Crippen molar-refractivity contribution in [1.82, 2.24) is 4.31 Å². The fourth-order valence-corrected chi connectivity index (χ4v) is 3.59. The van der Waals surface area contributed by atoms with Crippen molar-refractivity contribution in [3.63, 3.8) is 0 Å². The van der Waals surface area contributed by atoms with Gasteiger partial charge in [-0.1, -0.05) is 0 Å². The Kier molecular flexibility index (Phi) is 3.84. The number of nitrogen functional groups attached to an aromatic ring is 1. The van der Waals surface area contributed by atoms with Crippen molar-refractivity contribution in [2.24, 2.45) is 0 Å². The molecule has 2 N–H and O–H groups in total. The van der Waals surface area contributed by atoms with E-state index in [1.807, 2.05) is 13.8 Å². The van der Waals surface area contributed by atoms with Gasteiger partial charge in [0.05, 0.1) is 4.90 Å². The van der Waals surface area contributed by atoms with E-state index in [1.165, 1.54) is 4.31 Å². The molecule has 0 amide bonds. The van der Waals surface area contributed by atoms with Crippen LogP contribution in [0.3, 0.4) is 0 Å². The van der Waals surface area contributed by atoms with Crippen LogP contribution in [-0.2, 0) is 10.0 Å². The van der Waals surface area contributed by atoms with Crippen LogP contribution in [-0.4, -0.2) is 25.8 Å². The van der Waals surface area contributed by atoms with Crippen LogP contribution in [0.15, 0.2) is 17.0 Å². The summed E-state index contributed by atoms with van der Waals surface area (Å²) in [4.78, 5) is 0.364. The Balaban J connectivity index is 3.45. The third-order valence-corrected chi connectivity index (χ3v) is 5.19. The molecule has 0 saturated heterocycles. The third-order valence-electron chi connectivity index (χ3n) is 2.85. The van der Waals surface area contributed by atoms with Crippen molar-refractivity contribution in [1.29, 1.82) is 0 Å². The maximum atomic E-state index is 12.4. The molecule has 0 saturated carbocycles. The van der Waals surface area contributed by atoms with Gasteiger partial charge >= 0.3 is 0 Å². The predicted octanol–water partition coefficient (Wildman–Crippen LogP) is 1.91. The molecule has 4 nitrogen and oxygen atoms in total. The van der Waals surface area contributed by atoms with Gasteiger partial charge in [-0.05, 0) is 51.0 Å². The van der Waals surface area contributed by atoms with Crippen LogP contribution in [0.5, 0.6) is 0 Å². The SMILES string of the molecule is Cc1cc(N)cc(C)c1S(=O)(=O)N(C)C(C)C. The van der Waals surface area contributed by atoms with Gasteiger partial charge in [0.1, 0.15) is 0 Å². The van der Waals surface area contributed by atoms with Gasteiger partial charge in [0, 0.05) is 18.8 Å². The van der Waals surface area contributed by atoms with Gasteiger partial charge in [-0.15, -0.1) is 0 Å². The third kappa shape index (κ3) is 2.61. The molecule has 0 atom stereocenters. The minimum absolute atomic E-state index is 0.0728. The maximum absolute atomic E-state index is 12.4. The van der Waals surface area contributed by atoms with E-state index >= 15 is 0 Å². The highest BCUT2D eigenvalue weighted by molar-refractivity contribution is 7.89. The molecule has 0 aliphatic heterocycles. The van der Waals surface area contributed by atoms with Crippen molar-refractivity contribution in [3.05, 3.63) is 23.3 Å². The molecule has 0 heterocycles. The molecule has 0 fully saturated rings. The summed E-state index contributed by atoms with van der Waals surface area (Å²) < 4.78 is 26.2. The van der Waals surface area contributed by atoms with Gasteiger partial charge in [-0.2, -0.15) is 4.31 Å². The van der Waals surface area contributed by atoms with Crippen molar-refractivity contribution in [2.45, 2.75) is 38.6 Å². The first-order valence-electron chi connectivity index (χ1n) is 5.52. The lowest BCUT2D eigenvalue weighted by molar-refractivity contribution is 0.410. The van der Waals surface area contributed by atoms with Crippen molar-refractivity contribution in [2.75, 3.05) is 12.8 Å². The first-order chi connectivity index (χ1) is 7.67. The molecule has 0 aliphatic carbocycles. The number of benzene rings is 1. The first kappa shape index (κ1) is 14.0. The van der Waals surface area contributed by atoms with Gasteiger partial charge in [-0.25, -0.2) is 8.42 Å². The molecule has 0 spiro atoms. The minimum Gasteiger partial charge on any atom is -0.399 e. The van der Waals surface area contributed by atoms with Gasteiger partial charge in [-0.3, -0.25) is 0 Å². The normalized spacial score (nSPS) is 12.4. The molecule has 1 rings (SSSR count). The second-order valence-corrected chi connectivity index (χ2v) is 6.53. The molecular formula is C12H20N2O2S. The standard InChI is InChI=1S/C12H20N2O2S/c1-8(2)14(5)17(15,16)12-9(3)6-11(13)7-10(12)4/h6-8H,13H2,1-5H3. The number of nitrogens with two attached hydrogens (primary N) is 1. The molecule has 0 aromatic heterocycles. The van der Waals surface area contributed by atoms with Crippen molar-refractivity contribution >= 4 is 15.7 Å². The van der Waals surface area contributed by atoms with Gasteiger partial charge in [0.2, 0.25) is 10.0 Å². The van der Waals surface area contributed by atoms with E-state index in [0.717, 1.165) is 0 Å². The van der Waals surface area contributed by atoms with E-state index in [1.54, 1.807) is 33.0 Å². The molecule has 1 aromatic carbocycles. The lowest BCUT2D eigenvalue weighted by Gasteiger charge is -2.23. The number of hydrogen-bond donors (Lipinski definition) is 1. The largest absolute Gasteiger partial charge is 0.399 e. The van der Waals surface area contributed by atoms with E-state index in [0.29, 0.717) is 21.7 Å². The molecule has 96 valence electrons. The summed E-state index contributed by atoms with van der Waals surface area (Å²) in [5.74, 6) is 0. The first-order valence-corrected chi connectivity index (χ1v) is 6.96. The Morgan fingerprint density at radius 3 is 1.94 bits per heavy atom. The van der Waals surface area contributed by atoms with Crippen LogP contribution in [0.25, 0.3) is 0 Å². The van der Waals surface area contributed by atoms with Crippen molar-refractivity contribution in [3.8, 4) is 0 Å². The Hall–Kier alpha value is -1.07. The van der Waals surface area contributed by atoms with Gasteiger partial charge < -0.3 is 5.73 Å². The highest BCUT2D eigenvalue weighted by Crippen LogP contribution is 2.26. The Labute approximate surface area is 103 Å². The topological polar surface area (TPSA) is 63.4 Å². The zero-order chi connectivity index (χ0) is 13.4. The summed E-state index contributed by atoms with van der Waals surface area (Å²) >= 11 is 0. The van der Waals surface area contributed by atoms with Crippen LogP contribution >= 0.6 is 0 Å². The zero-order valence-corrected chi connectivity index (χ0v) is 11.8. The fraction of sp³-hybridized carbons (Fsp3) is 0.500. The predicted molar refractivity (Wildman–Crippen MR) is 70.4 cm³/mol. The molecule has 1 aromatic rings. The number of rotatable bonds is 3. The minimum atomic E-state index is -3.44. The Morgan fingerprint density at radius 1 is 1.18 bits per heavy atom. The smallest absolute Gasteiger partial charge is 0.243 e. The average molecular weight is 256 g/mol. The Bertz CT molecular complexity index is 498. The van der Waals surface area contributed by atoms with Crippen LogP contribution in [0.2, 0.25) is 0 Å². The fourth-order valence-electron chi connectivity index (χ4n) is 1.81. The average Bonchev–Trinajstić information content (AvgIpc) is 2.13. The van der Waals surface area contributed by atoms with Crippen LogP contribution in [0.4, 0.5) is 5.69 Å². The van der Waals surface area contributed by atoms with Crippen LogP contribution in [0, 0.1) is 13.8 Å². The molecule has 0 radical (unpaired) electrons. The summed E-state index contributed by atoms with van der Waals surface area (Å²) in [5, 5.41) is 0. The monoisotopic (exact) mass is 256 g/mol. The number of anilines is 1. The second-order valence-electron chi connectivity index (χ2n) is 4.60.